The molecule has 2 saturated carbocycles. The highest BCUT2D eigenvalue weighted by Gasteiger charge is 2.45. The first-order valence-electron chi connectivity index (χ1n) is 7.74. The van der Waals surface area contributed by atoms with Gasteiger partial charge in [-0.1, -0.05) is 13.8 Å². The van der Waals surface area contributed by atoms with Gasteiger partial charge >= 0.3 is 0 Å². The summed E-state index contributed by atoms with van der Waals surface area (Å²) < 4.78 is 0. The Morgan fingerprint density at radius 1 is 1.17 bits per heavy atom. The van der Waals surface area contributed by atoms with Gasteiger partial charge in [-0.15, -0.1) is 0 Å². The summed E-state index contributed by atoms with van der Waals surface area (Å²) in [6.07, 6.45) is 6.19. The van der Waals surface area contributed by atoms with Crippen molar-refractivity contribution in [1.29, 1.82) is 0 Å². The lowest BCUT2D eigenvalue weighted by Crippen LogP contribution is -2.49. The highest BCUT2D eigenvalue weighted by atomic mass is 16.3. The average Bonchev–Trinajstić information content (AvgIpc) is 2.95. The molecular weight excluding hydrogens is 224 g/mol. The molecule has 1 saturated heterocycles. The molecule has 3 fully saturated rings. The van der Waals surface area contributed by atoms with E-state index >= 15 is 0 Å². The van der Waals surface area contributed by atoms with Crippen molar-refractivity contribution in [2.45, 2.75) is 63.6 Å². The summed E-state index contributed by atoms with van der Waals surface area (Å²) in [4.78, 5) is 2.68. The smallest absolute Gasteiger partial charge is 0.0614 e. The van der Waals surface area contributed by atoms with Gasteiger partial charge in [0.15, 0.2) is 0 Å². The highest BCUT2D eigenvalue weighted by Crippen LogP contribution is 2.38. The Morgan fingerprint density at radius 3 is 2.39 bits per heavy atom. The van der Waals surface area contributed by atoms with E-state index in [1.807, 2.05) is 0 Å². The van der Waals surface area contributed by atoms with Gasteiger partial charge in [-0.3, -0.25) is 4.90 Å². The first kappa shape index (κ1) is 12.9. The summed E-state index contributed by atoms with van der Waals surface area (Å²) in [6.45, 7) is 7.59. The van der Waals surface area contributed by atoms with E-state index in [2.05, 4.69) is 24.1 Å². The van der Waals surface area contributed by atoms with Crippen molar-refractivity contribution in [2.75, 3.05) is 19.7 Å². The van der Waals surface area contributed by atoms with Crippen molar-refractivity contribution in [3.05, 3.63) is 0 Å². The second-order valence-corrected chi connectivity index (χ2v) is 7.16. The van der Waals surface area contributed by atoms with Crippen LogP contribution in [0.25, 0.3) is 0 Å². The largest absolute Gasteiger partial charge is 0.394 e. The minimum Gasteiger partial charge on any atom is -0.394 e. The Labute approximate surface area is 111 Å². The Kier molecular flexibility index (Phi) is 3.41. The third kappa shape index (κ3) is 2.45. The number of rotatable bonds is 4. The minimum atomic E-state index is 0.0426. The van der Waals surface area contributed by atoms with E-state index < -0.39 is 0 Å². The van der Waals surface area contributed by atoms with E-state index in [-0.39, 0.29) is 5.54 Å². The Hall–Kier alpha value is -0.120. The molecule has 3 aliphatic rings. The monoisotopic (exact) mass is 252 g/mol. The van der Waals surface area contributed by atoms with Crippen LogP contribution in [0.4, 0.5) is 0 Å². The second kappa shape index (κ2) is 4.77. The van der Waals surface area contributed by atoms with Gasteiger partial charge in [-0.2, -0.15) is 0 Å². The lowest BCUT2D eigenvalue weighted by molar-refractivity contribution is 0.147. The van der Waals surface area contributed by atoms with Crippen LogP contribution in [0, 0.1) is 11.8 Å². The zero-order valence-electron chi connectivity index (χ0n) is 11.9. The number of nitrogens with one attached hydrogen (secondary N) is 1. The molecule has 0 amide bonds. The second-order valence-electron chi connectivity index (χ2n) is 7.16. The molecule has 3 heteroatoms. The molecule has 3 rings (SSSR count). The van der Waals surface area contributed by atoms with Gasteiger partial charge in [0.25, 0.3) is 0 Å². The molecular formula is C15H28N2O. The van der Waals surface area contributed by atoms with Crippen LogP contribution in [-0.2, 0) is 0 Å². The summed E-state index contributed by atoms with van der Waals surface area (Å²) >= 11 is 0. The molecule has 1 aliphatic heterocycles. The third-order valence-corrected chi connectivity index (χ3v) is 5.51. The fourth-order valence-electron chi connectivity index (χ4n) is 3.86. The van der Waals surface area contributed by atoms with Crippen LogP contribution < -0.4 is 5.32 Å². The molecule has 1 heterocycles. The van der Waals surface area contributed by atoms with E-state index in [1.54, 1.807) is 0 Å². The normalized spacial score (nSPS) is 45.8. The number of hydrogen-bond acceptors (Lipinski definition) is 3. The van der Waals surface area contributed by atoms with Gasteiger partial charge in [0.1, 0.15) is 0 Å². The third-order valence-electron chi connectivity index (χ3n) is 5.51. The van der Waals surface area contributed by atoms with Crippen LogP contribution in [0.2, 0.25) is 0 Å². The Bertz CT molecular complexity index is 295. The molecule has 0 bridgehead atoms. The molecule has 0 radical (unpaired) electrons. The molecule has 4 atom stereocenters. The van der Waals surface area contributed by atoms with Crippen molar-refractivity contribution in [2.24, 2.45) is 11.8 Å². The van der Waals surface area contributed by atoms with Crippen molar-refractivity contribution < 1.29 is 5.11 Å². The zero-order chi connectivity index (χ0) is 12.8. The molecule has 0 aromatic rings. The van der Waals surface area contributed by atoms with Crippen LogP contribution in [-0.4, -0.2) is 47.3 Å². The quantitative estimate of drug-likeness (QED) is 0.798. The molecule has 18 heavy (non-hydrogen) atoms. The molecule has 4 unspecified atom stereocenters. The highest BCUT2D eigenvalue weighted by molar-refractivity contribution is 5.04. The molecule has 0 spiro atoms. The van der Waals surface area contributed by atoms with E-state index in [1.165, 1.54) is 32.4 Å². The first-order valence-corrected chi connectivity index (χ1v) is 7.74. The van der Waals surface area contributed by atoms with Crippen LogP contribution in [0.5, 0.6) is 0 Å². The summed E-state index contributed by atoms with van der Waals surface area (Å²) in [7, 11) is 0. The molecule has 0 aromatic carbocycles. The number of hydrogen-bond donors (Lipinski definition) is 2. The van der Waals surface area contributed by atoms with Crippen molar-refractivity contribution in [3.63, 3.8) is 0 Å². The van der Waals surface area contributed by atoms with Crippen molar-refractivity contribution >= 4 is 0 Å². The fraction of sp³-hybridized carbons (Fsp3) is 1.00. The molecule has 2 aliphatic carbocycles. The van der Waals surface area contributed by atoms with Gasteiger partial charge < -0.3 is 10.4 Å². The fourth-order valence-corrected chi connectivity index (χ4v) is 3.86. The van der Waals surface area contributed by atoms with Crippen LogP contribution >= 0.6 is 0 Å². The predicted molar refractivity (Wildman–Crippen MR) is 73.5 cm³/mol. The maximum Gasteiger partial charge on any atom is 0.0614 e. The van der Waals surface area contributed by atoms with Gasteiger partial charge in [-0.05, 0) is 43.9 Å². The summed E-state index contributed by atoms with van der Waals surface area (Å²) in [5.74, 6) is 1.68. The van der Waals surface area contributed by atoms with Crippen LogP contribution in [0.3, 0.4) is 0 Å². The van der Waals surface area contributed by atoms with Gasteiger partial charge in [0, 0.05) is 30.7 Å². The van der Waals surface area contributed by atoms with Crippen LogP contribution in [0.1, 0.15) is 46.0 Å². The lowest BCUT2D eigenvalue weighted by Gasteiger charge is -2.31. The van der Waals surface area contributed by atoms with Crippen molar-refractivity contribution in [1.82, 2.24) is 10.2 Å². The first-order chi connectivity index (χ1) is 8.62. The average molecular weight is 252 g/mol. The summed E-state index contributed by atoms with van der Waals surface area (Å²) in [6, 6.07) is 1.41. The van der Waals surface area contributed by atoms with E-state index in [0.29, 0.717) is 18.7 Å². The minimum absolute atomic E-state index is 0.0426. The number of nitrogens with zero attached hydrogens (tertiary/aromatic N) is 1. The van der Waals surface area contributed by atoms with Crippen molar-refractivity contribution in [3.8, 4) is 0 Å². The molecule has 0 aromatic heterocycles. The van der Waals surface area contributed by atoms with Gasteiger partial charge in [-0.25, -0.2) is 0 Å². The lowest BCUT2D eigenvalue weighted by atomic mass is 9.98. The zero-order valence-corrected chi connectivity index (χ0v) is 11.9. The van der Waals surface area contributed by atoms with E-state index in [4.69, 9.17) is 0 Å². The summed E-state index contributed by atoms with van der Waals surface area (Å²) in [5.41, 5.74) is 0.0426. The van der Waals surface area contributed by atoms with Gasteiger partial charge in [0.05, 0.1) is 6.61 Å². The molecule has 104 valence electrons. The molecule has 2 N–H and O–H groups in total. The number of aliphatic hydroxyl groups excluding tert-OH is 1. The SMILES string of the molecule is CC1CN(C2CCC(CO)(NC3CC3)C2)CC1C. The standard InChI is InChI=1S/C15H28N2O/c1-11-8-17(9-12(11)2)14-5-6-15(7-14,10-18)16-13-3-4-13/h11-14,16,18H,3-10H2,1-2H3. The topological polar surface area (TPSA) is 35.5 Å². The van der Waals surface area contributed by atoms with Crippen LogP contribution in [0.15, 0.2) is 0 Å². The Morgan fingerprint density at radius 2 is 1.83 bits per heavy atom. The summed E-state index contributed by atoms with van der Waals surface area (Å²) in [5, 5.41) is 13.5. The van der Waals surface area contributed by atoms with Gasteiger partial charge in [0.2, 0.25) is 0 Å². The maximum absolute atomic E-state index is 9.78. The van der Waals surface area contributed by atoms with E-state index in [0.717, 1.165) is 24.7 Å². The molecule has 3 nitrogen and oxygen atoms in total. The number of aliphatic hydroxyl groups is 1. The maximum atomic E-state index is 9.78. The number of likely N-dealkylation sites (tertiary alicyclic amines) is 1. The Balaban J connectivity index is 1.59. The van der Waals surface area contributed by atoms with E-state index in [9.17, 15) is 5.11 Å². The predicted octanol–water partition coefficient (Wildman–Crippen LogP) is 1.61.